The molecule has 0 saturated carbocycles. The number of rotatable bonds is 6. The molecule has 0 atom stereocenters. The largest absolute Gasteiger partial charge is 0.488 e. The van der Waals surface area contributed by atoms with Crippen molar-refractivity contribution in [3.63, 3.8) is 0 Å². The molecule has 1 aromatic heterocycles. The number of carbonyl (C=O) groups is 2. The van der Waals surface area contributed by atoms with Crippen LogP contribution in [0.1, 0.15) is 29.3 Å². The van der Waals surface area contributed by atoms with Crippen molar-refractivity contribution in [3.05, 3.63) is 100 Å². The van der Waals surface area contributed by atoms with Gasteiger partial charge in [0.2, 0.25) is 0 Å². The van der Waals surface area contributed by atoms with Gasteiger partial charge in [0.25, 0.3) is 11.5 Å². The highest BCUT2D eigenvalue weighted by Crippen LogP contribution is 2.31. The molecule has 0 aliphatic carbocycles. The lowest BCUT2D eigenvalue weighted by molar-refractivity contribution is -0.130. The van der Waals surface area contributed by atoms with Crippen molar-refractivity contribution in [2.75, 3.05) is 44.3 Å². The number of amides is 1. The Bertz CT molecular complexity index is 1700. The van der Waals surface area contributed by atoms with Crippen molar-refractivity contribution in [1.29, 1.82) is 0 Å². The Labute approximate surface area is 232 Å². The van der Waals surface area contributed by atoms with Gasteiger partial charge in [-0.2, -0.15) is 0 Å². The molecule has 3 aromatic carbocycles. The number of esters is 1. The zero-order valence-electron chi connectivity index (χ0n) is 22.5. The first kappa shape index (κ1) is 25.7. The average Bonchev–Trinajstić information content (AvgIpc) is 3.53. The third-order valence-electron chi connectivity index (χ3n) is 7.58. The van der Waals surface area contributed by atoms with Crippen molar-refractivity contribution >= 4 is 39.2 Å². The molecule has 0 spiro atoms. The van der Waals surface area contributed by atoms with Gasteiger partial charge in [-0.1, -0.05) is 54.6 Å². The first-order valence-corrected chi connectivity index (χ1v) is 13.7. The van der Waals surface area contributed by atoms with Gasteiger partial charge in [0.1, 0.15) is 5.56 Å². The summed E-state index contributed by atoms with van der Waals surface area (Å²) in [6.07, 6.45) is 2.57. The van der Waals surface area contributed by atoms with Gasteiger partial charge < -0.3 is 23.8 Å². The van der Waals surface area contributed by atoms with Gasteiger partial charge in [0.15, 0.2) is 5.76 Å². The van der Waals surface area contributed by atoms with Crippen LogP contribution in [0.25, 0.3) is 21.7 Å². The molecule has 4 aromatic rings. The summed E-state index contributed by atoms with van der Waals surface area (Å²) in [4.78, 5) is 44.1. The monoisotopic (exact) mass is 537 g/mol. The minimum atomic E-state index is -0.636. The van der Waals surface area contributed by atoms with E-state index >= 15 is 0 Å². The maximum Gasteiger partial charge on any atom is 0.345 e. The lowest BCUT2D eigenvalue weighted by Gasteiger charge is -2.37. The van der Waals surface area contributed by atoms with Crippen LogP contribution in [0.5, 0.6) is 0 Å². The summed E-state index contributed by atoms with van der Waals surface area (Å²) < 4.78 is 12.5. The van der Waals surface area contributed by atoms with Crippen molar-refractivity contribution < 1.29 is 19.1 Å². The molecular weight excluding hydrogens is 506 g/mol. The van der Waals surface area contributed by atoms with Crippen molar-refractivity contribution in [2.45, 2.75) is 19.9 Å². The molecule has 6 rings (SSSR count). The second-order valence-electron chi connectivity index (χ2n) is 10.0. The highest BCUT2D eigenvalue weighted by molar-refractivity contribution is 6.05. The Kier molecular flexibility index (Phi) is 6.99. The fourth-order valence-electron chi connectivity index (χ4n) is 5.64. The normalized spacial score (nSPS) is 15.3. The summed E-state index contributed by atoms with van der Waals surface area (Å²) in [5, 5.41) is 3.01. The molecule has 8 heteroatoms. The standard InChI is InChI=1S/C32H31N3O5/c1-2-39-32(38)28-29(33-15-17-34(18-16-33)30(36)27-12-7-19-40-27)25-10-5-6-11-26(25)35(31(28)37)21-22-13-14-23-8-3-4-9-24(23)20-22/h3-6,8-14,20H,2,7,15-19,21H2,1H3. The first-order chi connectivity index (χ1) is 19.5. The topological polar surface area (TPSA) is 81.1 Å². The van der Waals surface area contributed by atoms with Gasteiger partial charge in [0, 0.05) is 38.0 Å². The molecule has 0 N–H and O–H groups in total. The molecule has 8 nitrogen and oxygen atoms in total. The maximum absolute atomic E-state index is 14.1. The number of hydrogen-bond donors (Lipinski definition) is 0. The van der Waals surface area contributed by atoms with Crippen LogP contribution in [-0.4, -0.2) is 60.7 Å². The van der Waals surface area contributed by atoms with E-state index in [1.54, 1.807) is 16.4 Å². The lowest BCUT2D eigenvalue weighted by atomic mass is 10.0. The summed E-state index contributed by atoms with van der Waals surface area (Å²) in [5.74, 6) is -0.343. The number of pyridine rings is 1. The SMILES string of the molecule is CCOC(=O)c1c(N2CCN(C(=O)C3=CCCO3)CC2)c2ccccc2n(Cc2ccc3ccccc3c2)c1=O. The summed E-state index contributed by atoms with van der Waals surface area (Å²) in [7, 11) is 0. The van der Waals surface area contributed by atoms with Crippen LogP contribution in [0.15, 0.2) is 83.4 Å². The Morgan fingerprint density at radius 3 is 2.42 bits per heavy atom. The van der Waals surface area contributed by atoms with E-state index in [4.69, 9.17) is 9.47 Å². The number of para-hydroxylation sites is 1. The van der Waals surface area contributed by atoms with Crippen LogP contribution in [-0.2, 0) is 20.8 Å². The fourth-order valence-corrected chi connectivity index (χ4v) is 5.64. The van der Waals surface area contributed by atoms with Crippen LogP contribution in [0.3, 0.4) is 0 Å². The zero-order valence-corrected chi connectivity index (χ0v) is 22.5. The van der Waals surface area contributed by atoms with E-state index in [9.17, 15) is 14.4 Å². The summed E-state index contributed by atoms with van der Waals surface area (Å²) >= 11 is 0. The predicted molar refractivity (Wildman–Crippen MR) is 155 cm³/mol. The zero-order chi connectivity index (χ0) is 27.6. The van der Waals surface area contributed by atoms with Gasteiger partial charge in [0.05, 0.1) is 31.0 Å². The minimum absolute atomic E-state index is 0.0305. The summed E-state index contributed by atoms with van der Waals surface area (Å²) in [6.45, 7) is 4.60. The highest BCUT2D eigenvalue weighted by Gasteiger charge is 2.31. The average molecular weight is 538 g/mol. The third kappa shape index (κ3) is 4.70. The number of ether oxygens (including phenoxy) is 2. The van der Waals surface area contributed by atoms with Crippen molar-refractivity contribution in [1.82, 2.24) is 9.47 Å². The Morgan fingerprint density at radius 2 is 1.68 bits per heavy atom. The quantitative estimate of drug-likeness (QED) is 0.341. The van der Waals surface area contributed by atoms with E-state index in [1.165, 1.54) is 0 Å². The van der Waals surface area contributed by atoms with Crippen LogP contribution in [0.2, 0.25) is 0 Å². The van der Waals surface area contributed by atoms with Gasteiger partial charge in [-0.25, -0.2) is 4.79 Å². The number of anilines is 1. The van der Waals surface area contributed by atoms with Gasteiger partial charge in [-0.3, -0.25) is 9.59 Å². The Morgan fingerprint density at radius 1 is 0.925 bits per heavy atom. The molecular formula is C32H31N3O5. The number of nitrogens with zero attached hydrogens (tertiary/aromatic N) is 3. The van der Waals surface area contributed by atoms with Crippen LogP contribution in [0.4, 0.5) is 5.69 Å². The van der Waals surface area contributed by atoms with E-state index in [-0.39, 0.29) is 23.6 Å². The summed E-state index contributed by atoms with van der Waals surface area (Å²) in [5.41, 5.74) is 1.92. The predicted octanol–water partition coefficient (Wildman–Crippen LogP) is 4.33. The van der Waals surface area contributed by atoms with Crippen molar-refractivity contribution in [2.24, 2.45) is 0 Å². The Hall–Kier alpha value is -4.59. The van der Waals surface area contributed by atoms with Gasteiger partial charge >= 0.3 is 5.97 Å². The number of carbonyl (C=O) groups excluding carboxylic acids is 2. The molecule has 204 valence electrons. The molecule has 3 heterocycles. The molecule has 1 saturated heterocycles. The molecule has 2 aliphatic heterocycles. The number of piperazine rings is 1. The second kappa shape index (κ2) is 10.9. The van der Waals surface area contributed by atoms with Gasteiger partial charge in [-0.15, -0.1) is 0 Å². The fraction of sp³-hybridized carbons (Fsp3) is 0.281. The molecule has 40 heavy (non-hydrogen) atoms. The smallest absolute Gasteiger partial charge is 0.345 e. The van der Waals surface area contributed by atoms with E-state index in [1.807, 2.05) is 65.6 Å². The van der Waals surface area contributed by atoms with Crippen molar-refractivity contribution in [3.8, 4) is 0 Å². The van der Waals surface area contributed by atoms with E-state index in [0.717, 1.165) is 33.7 Å². The van der Waals surface area contributed by atoms with E-state index in [0.29, 0.717) is 50.8 Å². The van der Waals surface area contributed by atoms with Gasteiger partial charge in [-0.05, 0) is 41.5 Å². The molecule has 0 bridgehead atoms. The molecule has 1 amide bonds. The molecule has 1 fully saturated rings. The maximum atomic E-state index is 14.1. The van der Waals surface area contributed by atoms with E-state index < -0.39 is 5.97 Å². The third-order valence-corrected chi connectivity index (χ3v) is 7.58. The van der Waals surface area contributed by atoms with E-state index in [2.05, 4.69) is 12.1 Å². The van der Waals surface area contributed by atoms with Crippen LogP contribution >= 0.6 is 0 Å². The number of benzene rings is 3. The first-order valence-electron chi connectivity index (χ1n) is 13.7. The Balaban J connectivity index is 1.41. The minimum Gasteiger partial charge on any atom is -0.488 e. The number of aromatic nitrogens is 1. The second-order valence-corrected chi connectivity index (χ2v) is 10.0. The summed E-state index contributed by atoms with van der Waals surface area (Å²) in [6, 6.07) is 21.9. The number of fused-ring (bicyclic) bond motifs is 2. The van der Waals surface area contributed by atoms with Crippen LogP contribution < -0.4 is 10.5 Å². The number of hydrogen-bond acceptors (Lipinski definition) is 6. The lowest BCUT2D eigenvalue weighted by Crippen LogP contribution is -2.50. The molecule has 2 aliphatic rings. The van der Waals surface area contributed by atoms with Crippen LogP contribution in [0, 0.1) is 0 Å². The molecule has 0 unspecified atom stereocenters. The highest BCUT2D eigenvalue weighted by atomic mass is 16.5. The molecule has 0 radical (unpaired) electrons.